The molecule has 0 aromatic carbocycles. The molecule has 0 saturated carbocycles. The van der Waals surface area contributed by atoms with Crippen LogP contribution in [0.1, 0.15) is 33.6 Å². The Morgan fingerprint density at radius 3 is 2.47 bits per heavy atom. The van der Waals surface area contributed by atoms with Gasteiger partial charge in [0.15, 0.2) is 0 Å². The van der Waals surface area contributed by atoms with E-state index in [-0.39, 0.29) is 15.9 Å². The molecule has 0 bridgehead atoms. The Labute approximate surface area is 103 Å². The lowest BCUT2D eigenvalue weighted by Crippen LogP contribution is -2.42. The second-order valence-corrected chi connectivity index (χ2v) is 5.70. The second-order valence-electron chi connectivity index (χ2n) is 4.64. The largest absolute Gasteiger partial charge is 0.444 e. The number of likely N-dealkylation sites (tertiary alicyclic amines) is 1. The molecular formula is C10H16INO3. The minimum absolute atomic E-state index is 0.0101. The van der Waals surface area contributed by atoms with Crippen molar-refractivity contribution in [3.63, 3.8) is 0 Å². The van der Waals surface area contributed by atoms with E-state index < -0.39 is 5.60 Å². The lowest BCUT2D eigenvalue weighted by Gasteiger charge is -2.27. The fourth-order valence-electron chi connectivity index (χ4n) is 1.54. The van der Waals surface area contributed by atoms with E-state index in [4.69, 9.17) is 4.74 Å². The first-order chi connectivity index (χ1) is 6.81. The predicted molar refractivity (Wildman–Crippen MR) is 65.0 cm³/mol. The van der Waals surface area contributed by atoms with Gasteiger partial charge in [-0.05, 0) is 33.6 Å². The van der Waals surface area contributed by atoms with Gasteiger partial charge < -0.3 is 4.74 Å². The Kier molecular flexibility index (Phi) is 3.97. The number of carbonyl (C=O) groups excluding carboxylic acids is 2. The molecule has 1 aliphatic rings. The molecule has 0 aromatic heterocycles. The van der Waals surface area contributed by atoms with Gasteiger partial charge in [-0.2, -0.15) is 0 Å². The molecule has 0 radical (unpaired) electrons. The van der Waals surface area contributed by atoms with Crippen LogP contribution in [0, 0.1) is 0 Å². The van der Waals surface area contributed by atoms with Crippen LogP contribution in [0.25, 0.3) is 0 Å². The van der Waals surface area contributed by atoms with Crippen LogP contribution in [0.3, 0.4) is 0 Å². The Balaban J connectivity index is 2.63. The first kappa shape index (κ1) is 12.7. The Hall–Kier alpha value is -0.330. The van der Waals surface area contributed by atoms with E-state index in [1.807, 2.05) is 20.8 Å². The summed E-state index contributed by atoms with van der Waals surface area (Å²) in [6.45, 7) is 6.08. The number of hydrogen-bond acceptors (Lipinski definition) is 3. The molecule has 1 atom stereocenters. The monoisotopic (exact) mass is 325 g/mol. The highest BCUT2D eigenvalue weighted by atomic mass is 127. The molecule has 1 heterocycles. The average Bonchev–Trinajstić information content (AvgIpc) is 2.47. The van der Waals surface area contributed by atoms with Crippen molar-refractivity contribution in [2.75, 3.05) is 6.54 Å². The van der Waals surface area contributed by atoms with Gasteiger partial charge in [0.05, 0.1) is 0 Å². The fourth-order valence-corrected chi connectivity index (χ4v) is 2.19. The SMILES string of the molecule is CC(C)(C)OC(=O)N1CCCC1C(=O)I. The molecule has 0 aromatic rings. The van der Waals surface area contributed by atoms with Crippen LogP contribution in [0.2, 0.25) is 0 Å². The fraction of sp³-hybridized carbons (Fsp3) is 0.800. The summed E-state index contributed by atoms with van der Waals surface area (Å²) >= 11 is 1.74. The summed E-state index contributed by atoms with van der Waals surface area (Å²) in [6, 6.07) is -0.291. The van der Waals surface area contributed by atoms with Crippen molar-refractivity contribution in [3.05, 3.63) is 0 Å². The van der Waals surface area contributed by atoms with Crippen LogP contribution < -0.4 is 0 Å². The zero-order valence-corrected chi connectivity index (χ0v) is 11.4. The molecule has 86 valence electrons. The molecule has 1 saturated heterocycles. The summed E-state index contributed by atoms with van der Waals surface area (Å²) in [5, 5.41) is 0. The van der Waals surface area contributed by atoms with E-state index in [1.54, 1.807) is 22.6 Å². The molecule has 15 heavy (non-hydrogen) atoms. The first-order valence-electron chi connectivity index (χ1n) is 5.00. The van der Waals surface area contributed by atoms with Crippen molar-refractivity contribution in [2.45, 2.75) is 45.3 Å². The van der Waals surface area contributed by atoms with Gasteiger partial charge in [-0.15, -0.1) is 0 Å². The summed E-state index contributed by atoms with van der Waals surface area (Å²) in [6.07, 6.45) is 1.25. The molecule has 1 fully saturated rings. The third-order valence-corrected chi connectivity index (χ3v) is 2.86. The molecule has 1 rings (SSSR count). The number of nitrogens with zero attached hydrogens (tertiary/aromatic N) is 1. The van der Waals surface area contributed by atoms with Gasteiger partial charge in [-0.1, -0.05) is 0 Å². The zero-order chi connectivity index (χ0) is 11.6. The van der Waals surface area contributed by atoms with Crippen LogP contribution in [0.4, 0.5) is 4.79 Å². The Morgan fingerprint density at radius 2 is 2.00 bits per heavy atom. The van der Waals surface area contributed by atoms with Crippen LogP contribution in [-0.2, 0) is 9.53 Å². The Morgan fingerprint density at radius 1 is 1.40 bits per heavy atom. The molecule has 1 unspecified atom stereocenters. The average molecular weight is 325 g/mol. The van der Waals surface area contributed by atoms with Crippen molar-refractivity contribution in [3.8, 4) is 0 Å². The van der Waals surface area contributed by atoms with Crippen molar-refractivity contribution in [2.24, 2.45) is 0 Å². The van der Waals surface area contributed by atoms with Gasteiger partial charge in [0, 0.05) is 29.1 Å². The van der Waals surface area contributed by atoms with Crippen LogP contribution in [0.5, 0.6) is 0 Å². The van der Waals surface area contributed by atoms with Crippen LogP contribution in [0.15, 0.2) is 0 Å². The maximum atomic E-state index is 11.7. The Bertz CT molecular complexity index is 272. The maximum absolute atomic E-state index is 11.7. The number of carbonyl (C=O) groups is 2. The summed E-state index contributed by atoms with van der Waals surface area (Å²) in [4.78, 5) is 24.5. The lowest BCUT2D eigenvalue weighted by molar-refractivity contribution is -0.113. The molecule has 0 N–H and O–H groups in total. The quantitative estimate of drug-likeness (QED) is 0.549. The van der Waals surface area contributed by atoms with Crippen molar-refractivity contribution < 1.29 is 14.3 Å². The van der Waals surface area contributed by atoms with Gasteiger partial charge in [0.2, 0.25) is 3.79 Å². The molecule has 4 nitrogen and oxygen atoms in total. The molecule has 5 heteroatoms. The highest BCUT2D eigenvalue weighted by molar-refractivity contribution is 14.1. The van der Waals surface area contributed by atoms with Gasteiger partial charge in [-0.25, -0.2) is 4.79 Å². The van der Waals surface area contributed by atoms with E-state index in [0.29, 0.717) is 6.54 Å². The van der Waals surface area contributed by atoms with Crippen LogP contribution in [-0.4, -0.2) is 33.0 Å². The normalized spacial score (nSPS) is 21.6. The summed E-state index contributed by atoms with van der Waals surface area (Å²) in [5.41, 5.74) is -0.501. The number of halogens is 1. The first-order valence-corrected chi connectivity index (χ1v) is 6.08. The number of rotatable bonds is 1. The third kappa shape index (κ3) is 3.62. The smallest absolute Gasteiger partial charge is 0.410 e. The topological polar surface area (TPSA) is 46.6 Å². The summed E-state index contributed by atoms with van der Waals surface area (Å²) < 4.78 is 5.24. The molecule has 1 amide bonds. The maximum Gasteiger partial charge on any atom is 0.410 e. The van der Waals surface area contributed by atoms with Gasteiger partial charge >= 0.3 is 6.09 Å². The van der Waals surface area contributed by atoms with E-state index in [0.717, 1.165) is 12.8 Å². The number of hydrogen-bond donors (Lipinski definition) is 0. The molecule has 1 aliphatic heterocycles. The molecular weight excluding hydrogens is 309 g/mol. The summed E-state index contributed by atoms with van der Waals surface area (Å²) in [5.74, 6) is 0. The van der Waals surface area contributed by atoms with Crippen molar-refractivity contribution in [1.29, 1.82) is 0 Å². The van der Waals surface area contributed by atoms with E-state index in [2.05, 4.69) is 0 Å². The second kappa shape index (κ2) is 4.67. The zero-order valence-electron chi connectivity index (χ0n) is 9.25. The van der Waals surface area contributed by atoms with Crippen LogP contribution >= 0.6 is 22.6 Å². The van der Waals surface area contributed by atoms with E-state index in [9.17, 15) is 9.59 Å². The predicted octanol–water partition coefficient (Wildman–Crippen LogP) is 2.35. The van der Waals surface area contributed by atoms with Gasteiger partial charge in [-0.3, -0.25) is 9.69 Å². The van der Waals surface area contributed by atoms with E-state index in [1.165, 1.54) is 4.90 Å². The van der Waals surface area contributed by atoms with Crippen molar-refractivity contribution in [1.82, 2.24) is 4.90 Å². The minimum atomic E-state index is -0.501. The number of ether oxygens (including phenoxy) is 1. The van der Waals surface area contributed by atoms with E-state index >= 15 is 0 Å². The number of amides is 1. The lowest BCUT2D eigenvalue weighted by atomic mass is 10.2. The van der Waals surface area contributed by atoms with Gasteiger partial charge in [0.1, 0.15) is 11.6 Å². The molecule has 0 aliphatic carbocycles. The summed E-state index contributed by atoms with van der Waals surface area (Å²) in [7, 11) is 0. The van der Waals surface area contributed by atoms with Crippen molar-refractivity contribution >= 4 is 32.5 Å². The molecule has 0 spiro atoms. The van der Waals surface area contributed by atoms with Gasteiger partial charge in [0.25, 0.3) is 0 Å². The third-order valence-electron chi connectivity index (χ3n) is 2.14. The minimum Gasteiger partial charge on any atom is -0.444 e. The highest BCUT2D eigenvalue weighted by Gasteiger charge is 2.35. The standard InChI is InChI=1S/C10H16INO3/c1-10(2,3)15-9(14)12-6-4-5-7(12)8(11)13/h7H,4-6H2,1-3H3. The highest BCUT2D eigenvalue weighted by Crippen LogP contribution is 2.22.